The molecular formula is C17H25N3O. The molecule has 2 rings (SSSR count). The summed E-state index contributed by atoms with van der Waals surface area (Å²) >= 11 is 0. The van der Waals surface area contributed by atoms with Gasteiger partial charge in [-0.05, 0) is 37.1 Å². The molecule has 1 unspecified atom stereocenters. The van der Waals surface area contributed by atoms with Gasteiger partial charge in [0.15, 0.2) is 0 Å². The number of hydrogen-bond donors (Lipinski definition) is 2. The predicted molar refractivity (Wildman–Crippen MR) is 85.2 cm³/mol. The van der Waals surface area contributed by atoms with Gasteiger partial charge < -0.3 is 15.3 Å². The Morgan fingerprint density at radius 2 is 2.24 bits per heavy atom. The maximum absolute atomic E-state index is 9.65. The third-order valence-corrected chi connectivity index (χ3v) is 4.16. The smallest absolute Gasteiger partial charge is 0.101 e. The molecule has 1 fully saturated rings. The van der Waals surface area contributed by atoms with Gasteiger partial charge in [-0.3, -0.25) is 0 Å². The summed E-state index contributed by atoms with van der Waals surface area (Å²) in [7, 11) is 0. The molecule has 0 aliphatic carbocycles. The van der Waals surface area contributed by atoms with E-state index >= 15 is 0 Å². The first-order chi connectivity index (χ1) is 10.3. The molecule has 21 heavy (non-hydrogen) atoms. The zero-order valence-corrected chi connectivity index (χ0v) is 12.8. The maximum atomic E-state index is 9.65. The van der Waals surface area contributed by atoms with Crippen molar-refractivity contribution in [2.24, 2.45) is 0 Å². The second-order valence-corrected chi connectivity index (χ2v) is 5.62. The monoisotopic (exact) mass is 287 g/mol. The van der Waals surface area contributed by atoms with Crippen LogP contribution in [-0.4, -0.2) is 30.8 Å². The summed E-state index contributed by atoms with van der Waals surface area (Å²) < 4.78 is 0. The van der Waals surface area contributed by atoms with Crippen LogP contribution in [0, 0.1) is 11.3 Å². The van der Waals surface area contributed by atoms with Gasteiger partial charge in [0.05, 0.1) is 23.9 Å². The van der Waals surface area contributed by atoms with Gasteiger partial charge in [-0.25, -0.2) is 0 Å². The van der Waals surface area contributed by atoms with E-state index < -0.39 is 0 Å². The highest BCUT2D eigenvalue weighted by Crippen LogP contribution is 2.28. The van der Waals surface area contributed by atoms with Crippen molar-refractivity contribution in [2.45, 2.75) is 45.2 Å². The second kappa shape index (κ2) is 8.02. The van der Waals surface area contributed by atoms with Crippen LogP contribution in [0.5, 0.6) is 0 Å². The fourth-order valence-electron chi connectivity index (χ4n) is 2.99. The summed E-state index contributed by atoms with van der Waals surface area (Å²) in [5, 5.41) is 22.4. The van der Waals surface area contributed by atoms with Crippen LogP contribution in [-0.2, 0) is 6.54 Å². The highest BCUT2D eigenvalue weighted by atomic mass is 16.3. The Hall–Kier alpha value is -1.57. The molecule has 0 amide bonds. The number of rotatable bonds is 5. The molecule has 1 heterocycles. The third kappa shape index (κ3) is 3.96. The second-order valence-electron chi connectivity index (χ2n) is 5.62. The quantitative estimate of drug-likeness (QED) is 0.873. The van der Waals surface area contributed by atoms with Crippen LogP contribution in [0.1, 0.15) is 43.7 Å². The Morgan fingerprint density at radius 3 is 2.95 bits per heavy atom. The van der Waals surface area contributed by atoms with E-state index in [1.807, 2.05) is 12.1 Å². The number of hydrogen-bond acceptors (Lipinski definition) is 4. The number of aliphatic hydroxyl groups excluding tert-OH is 1. The number of aliphatic hydroxyl groups is 1. The van der Waals surface area contributed by atoms with Crippen LogP contribution < -0.4 is 10.2 Å². The van der Waals surface area contributed by atoms with Gasteiger partial charge >= 0.3 is 0 Å². The average Bonchev–Trinajstić information content (AvgIpc) is 2.77. The average molecular weight is 287 g/mol. The van der Waals surface area contributed by atoms with E-state index in [1.165, 1.54) is 6.42 Å². The first-order valence-corrected chi connectivity index (χ1v) is 7.91. The molecule has 4 nitrogen and oxygen atoms in total. The van der Waals surface area contributed by atoms with E-state index in [9.17, 15) is 10.4 Å². The number of nitriles is 1. The first kappa shape index (κ1) is 15.8. The summed E-state index contributed by atoms with van der Waals surface area (Å²) in [6.45, 7) is 4.86. The predicted octanol–water partition coefficient (Wildman–Crippen LogP) is 2.41. The van der Waals surface area contributed by atoms with E-state index in [1.54, 1.807) is 0 Å². The van der Waals surface area contributed by atoms with E-state index in [4.69, 9.17) is 0 Å². The van der Waals surface area contributed by atoms with Crippen molar-refractivity contribution in [1.29, 1.82) is 5.26 Å². The van der Waals surface area contributed by atoms with Gasteiger partial charge in [-0.15, -0.1) is 0 Å². The summed E-state index contributed by atoms with van der Waals surface area (Å²) in [4.78, 5) is 2.22. The Balaban J connectivity index is 2.26. The minimum absolute atomic E-state index is 0.138. The number of nitrogens with one attached hydrogen (secondary N) is 1. The minimum atomic E-state index is 0.138. The molecule has 0 radical (unpaired) electrons. The zero-order valence-electron chi connectivity index (χ0n) is 12.8. The van der Waals surface area contributed by atoms with Crippen LogP contribution in [0.25, 0.3) is 0 Å². The van der Waals surface area contributed by atoms with Crippen molar-refractivity contribution in [3.05, 3.63) is 29.3 Å². The first-order valence-electron chi connectivity index (χ1n) is 7.91. The third-order valence-electron chi connectivity index (χ3n) is 4.16. The molecule has 0 saturated carbocycles. The van der Waals surface area contributed by atoms with E-state index in [-0.39, 0.29) is 12.6 Å². The fourth-order valence-corrected chi connectivity index (χ4v) is 2.99. The van der Waals surface area contributed by atoms with Crippen LogP contribution in [0.3, 0.4) is 0 Å². The number of benzene rings is 1. The fraction of sp³-hybridized carbons (Fsp3) is 0.588. The van der Waals surface area contributed by atoms with E-state index in [2.05, 4.69) is 29.3 Å². The van der Waals surface area contributed by atoms with Gasteiger partial charge in [0, 0.05) is 13.1 Å². The summed E-state index contributed by atoms with van der Waals surface area (Å²) in [6.07, 6.45) is 4.48. The topological polar surface area (TPSA) is 59.3 Å². The molecule has 0 bridgehead atoms. The Kier molecular flexibility index (Phi) is 6.04. The van der Waals surface area contributed by atoms with Crippen molar-refractivity contribution in [3.8, 4) is 6.07 Å². The zero-order chi connectivity index (χ0) is 15.1. The molecular weight excluding hydrogens is 262 g/mol. The molecule has 0 aromatic heterocycles. The summed E-state index contributed by atoms with van der Waals surface area (Å²) in [5.74, 6) is 0. The SMILES string of the molecule is CCNCc1ccc(N2CCCCCC2CO)c(C#N)c1. The van der Waals surface area contributed by atoms with Crippen molar-refractivity contribution in [1.82, 2.24) is 5.32 Å². The Labute approximate surface area is 127 Å². The normalized spacial score (nSPS) is 19.1. The largest absolute Gasteiger partial charge is 0.394 e. The van der Waals surface area contributed by atoms with Crippen molar-refractivity contribution in [3.63, 3.8) is 0 Å². The summed E-state index contributed by atoms with van der Waals surface area (Å²) in [5.41, 5.74) is 2.82. The van der Waals surface area contributed by atoms with Crippen molar-refractivity contribution < 1.29 is 5.11 Å². The molecule has 1 saturated heterocycles. The van der Waals surface area contributed by atoms with Crippen LogP contribution in [0.4, 0.5) is 5.69 Å². The molecule has 2 N–H and O–H groups in total. The summed E-state index contributed by atoms with van der Waals surface area (Å²) in [6, 6.07) is 8.55. The number of anilines is 1. The van der Waals surface area contributed by atoms with Crippen LogP contribution in [0.2, 0.25) is 0 Å². The van der Waals surface area contributed by atoms with Gasteiger partial charge in [0.2, 0.25) is 0 Å². The lowest BCUT2D eigenvalue weighted by Crippen LogP contribution is -2.38. The highest BCUT2D eigenvalue weighted by Gasteiger charge is 2.22. The molecule has 1 aliphatic heterocycles. The van der Waals surface area contributed by atoms with Gasteiger partial charge in [-0.1, -0.05) is 25.8 Å². The van der Waals surface area contributed by atoms with Crippen LogP contribution in [0.15, 0.2) is 18.2 Å². The minimum Gasteiger partial charge on any atom is -0.394 e. The lowest BCUT2D eigenvalue weighted by molar-refractivity contribution is 0.255. The molecule has 4 heteroatoms. The van der Waals surface area contributed by atoms with Crippen molar-refractivity contribution >= 4 is 5.69 Å². The van der Waals surface area contributed by atoms with Gasteiger partial charge in [0.25, 0.3) is 0 Å². The lowest BCUT2D eigenvalue weighted by Gasteiger charge is -2.31. The molecule has 114 valence electrons. The van der Waals surface area contributed by atoms with Crippen LogP contribution >= 0.6 is 0 Å². The lowest BCUT2D eigenvalue weighted by atomic mass is 10.1. The molecule has 0 spiro atoms. The standard InChI is InChI=1S/C17H25N3O/c1-2-19-12-14-7-8-17(15(10-14)11-18)20-9-5-3-4-6-16(20)13-21/h7-8,10,16,19,21H,2-6,9,12-13H2,1H3. The number of nitrogens with zero attached hydrogens (tertiary/aromatic N) is 2. The van der Waals surface area contributed by atoms with Gasteiger partial charge in [-0.2, -0.15) is 5.26 Å². The molecule has 1 atom stereocenters. The van der Waals surface area contributed by atoms with Crippen molar-refractivity contribution in [2.75, 3.05) is 24.6 Å². The molecule has 1 aromatic rings. The Bertz CT molecular complexity index is 495. The highest BCUT2D eigenvalue weighted by molar-refractivity contribution is 5.61. The van der Waals surface area contributed by atoms with E-state index in [0.717, 1.165) is 50.1 Å². The molecule has 1 aromatic carbocycles. The van der Waals surface area contributed by atoms with Gasteiger partial charge in [0.1, 0.15) is 6.07 Å². The molecule has 1 aliphatic rings. The maximum Gasteiger partial charge on any atom is 0.101 e. The van der Waals surface area contributed by atoms with E-state index in [0.29, 0.717) is 5.56 Å². The Morgan fingerprint density at radius 1 is 1.38 bits per heavy atom.